The van der Waals surface area contributed by atoms with Crippen molar-refractivity contribution in [3.8, 4) is 6.07 Å². The average Bonchev–Trinajstić information content (AvgIpc) is 3.18. The SMILES string of the molecule is N#CCC(NCCCC1CC1)c1ccccc1. The first-order valence-corrected chi connectivity index (χ1v) is 6.55. The van der Waals surface area contributed by atoms with Gasteiger partial charge in [0, 0.05) is 6.04 Å². The summed E-state index contributed by atoms with van der Waals surface area (Å²) >= 11 is 0. The number of rotatable bonds is 7. The third-order valence-corrected chi connectivity index (χ3v) is 3.37. The lowest BCUT2D eigenvalue weighted by Crippen LogP contribution is -2.22. The molecule has 0 aromatic heterocycles. The van der Waals surface area contributed by atoms with Crippen molar-refractivity contribution in [2.45, 2.75) is 38.1 Å². The predicted molar refractivity (Wildman–Crippen MR) is 69.4 cm³/mol. The summed E-state index contributed by atoms with van der Waals surface area (Å²) in [7, 11) is 0. The monoisotopic (exact) mass is 228 g/mol. The normalized spacial score (nSPS) is 16.4. The summed E-state index contributed by atoms with van der Waals surface area (Å²) < 4.78 is 0. The van der Waals surface area contributed by atoms with Crippen LogP contribution in [-0.4, -0.2) is 6.54 Å². The molecule has 1 saturated carbocycles. The smallest absolute Gasteiger partial charge is 0.0641 e. The van der Waals surface area contributed by atoms with Gasteiger partial charge in [-0.05, 0) is 30.9 Å². The van der Waals surface area contributed by atoms with Crippen LogP contribution in [0.4, 0.5) is 0 Å². The summed E-state index contributed by atoms with van der Waals surface area (Å²) in [5.41, 5.74) is 1.22. The number of nitriles is 1. The van der Waals surface area contributed by atoms with Gasteiger partial charge in [0.15, 0.2) is 0 Å². The molecule has 1 aliphatic carbocycles. The molecule has 1 fully saturated rings. The maximum atomic E-state index is 8.86. The van der Waals surface area contributed by atoms with Gasteiger partial charge < -0.3 is 5.32 Å². The Morgan fingerprint density at radius 3 is 2.71 bits per heavy atom. The van der Waals surface area contributed by atoms with Gasteiger partial charge in [-0.2, -0.15) is 5.26 Å². The molecule has 2 rings (SSSR count). The van der Waals surface area contributed by atoms with E-state index in [2.05, 4.69) is 23.5 Å². The Morgan fingerprint density at radius 2 is 2.06 bits per heavy atom. The van der Waals surface area contributed by atoms with Crippen LogP contribution in [0.3, 0.4) is 0 Å². The molecule has 0 amide bonds. The molecule has 0 aliphatic heterocycles. The number of nitrogens with one attached hydrogen (secondary N) is 1. The Morgan fingerprint density at radius 1 is 1.29 bits per heavy atom. The molecule has 1 atom stereocenters. The zero-order valence-electron chi connectivity index (χ0n) is 10.2. The van der Waals surface area contributed by atoms with Gasteiger partial charge in [-0.3, -0.25) is 0 Å². The van der Waals surface area contributed by atoms with E-state index in [-0.39, 0.29) is 6.04 Å². The maximum Gasteiger partial charge on any atom is 0.0641 e. The lowest BCUT2D eigenvalue weighted by atomic mass is 10.0. The van der Waals surface area contributed by atoms with E-state index in [9.17, 15) is 0 Å². The van der Waals surface area contributed by atoms with Crippen molar-refractivity contribution in [3.05, 3.63) is 35.9 Å². The summed E-state index contributed by atoms with van der Waals surface area (Å²) in [5, 5.41) is 12.4. The van der Waals surface area contributed by atoms with Crippen LogP contribution in [0.1, 0.15) is 43.7 Å². The van der Waals surface area contributed by atoms with Gasteiger partial charge in [0.05, 0.1) is 12.5 Å². The van der Waals surface area contributed by atoms with E-state index in [0.29, 0.717) is 6.42 Å². The Labute approximate surface area is 104 Å². The third kappa shape index (κ3) is 4.20. The quantitative estimate of drug-likeness (QED) is 0.726. The molecule has 2 nitrogen and oxygen atoms in total. The fourth-order valence-corrected chi connectivity index (χ4v) is 2.16. The number of benzene rings is 1. The molecule has 90 valence electrons. The first kappa shape index (κ1) is 12.1. The van der Waals surface area contributed by atoms with Gasteiger partial charge >= 0.3 is 0 Å². The van der Waals surface area contributed by atoms with Crippen molar-refractivity contribution in [1.29, 1.82) is 5.26 Å². The van der Waals surface area contributed by atoms with E-state index < -0.39 is 0 Å². The molecular formula is C15H20N2. The van der Waals surface area contributed by atoms with E-state index in [1.54, 1.807) is 0 Å². The summed E-state index contributed by atoms with van der Waals surface area (Å²) in [6.45, 7) is 1.03. The van der Waals surface area contributed by atoms with Crippen molar-refractivity contribution in [2.24, 2.45) is 5.92 Å². The fraction of sp³-hybridized carbons (Fsp3) is 0.533. The van der Waals surface area contributed by atoms with E-state index in [0.717, 1.165) is 12.5 Å². The van der Waals surface area contributed by atoms with E-state index in [1.165, 1.54) is 31.2 Å². The molecule has 1 N–H and O–H groups in total. The van der Waals surface area contributed by atoms with Gasteiger partial charge in [-0.25, -0.2) is 0 Å². The van der Waals surface area contributed by atoms with E-state index in [1.807, 2.05) is 18.2 Å². The molecule has 1 unspecified atom stereocenters. The van der Waals surface area contributed by atoms with Gasteiger partial charge in [-0.15, -0.1) is 0 Å². The Kier molecular flexibility index (Phi) is 4.58. The second-order valence-electron chi connectivity index (χ2n) is 4.87. The van der Waals surface area contributed by atoms with Crippen molar-refractivity contribution in [2.75, 3.05) is 6.54 Å². The van der Waals surface area contributed by atoms with Gasteiger partial charge in [0.25, 0.3) is 0 Å². The van der Waals surface area contributed by atoms with Gasteiger partial charge in [0.2, 0.25) is 0 Å². The third-order valence-electron chi connectivity index (χ3n) is 3.37. The van der Waals surface area contributed by atoms with Crippen LogP contribution in [0.5, 0.6) is 0 Å². The van der Waals surface area contributed by atoms with Crippen LogP contribution >= 0.6 is 0 Å². The van der Waals surface area contributed by atoms with Crippen molar-refractivity contribution < 1.29 is 0 Å². The highest BCUT2D eigenvalue weighted by atomic mass is 14.9. The highest BCUT2D eigenvalue weighted by Gasteiger charge is 2.20. The second kappa shape index (κ2) is 6.42. The van der Waals surface area contributed by atoms with Crippen molar-refractivity contribution in [3.63, 3.8) is 0 Å². The molecule has 0 spiro atoms. The lowest BCUT2D eigenvalue weighted by Gasteiger charge is -2.16. The summed E-state index contributed by atoms with van der Waals surface area (Å²) in [6.07, 6.45) is 5.99. The molecule has 2 heteroatoms. The first-order chi connectivity index (χ1) is 8.40. The van der Waals surface area contributed by atoms with E-state index in [4.69, 9.17) is 5.26 Å². The molecule has 17 heavy (non-hydrogen) atoms. The fourth-order valence-electron chi connectivity index (χ4n) is 2.16. The zero-order valence-corrected chi connectivity index (χ0v) is 10.2. The van der Waals surface area contributed by atoms with Crippen LogP contribution in [-0.2, 0) is 0 Å². The number of hydrogen-bond acceptors (Lipinski definition) is 2. The maximum absolute atomic E-state index is 8.86. The van der Waals surface area contributed by atoms with Crippen molar-refractivity contribution >= 4 is 0 Å². The molecule has 1 aliphatic rings. The molecule has 1 aromatic rings. The van der Waals surface area contributed by atoms with Crippen LogP contribution in [0.25, 0.3) is 0 Å². The largest absolute Gasteiger partial charge is 0.309 e. The Balaban J connectivity index is 1.77. The predicted octanol–water partition coefficient (Wildman–Crippen LogP) is 3.42. The highest BCUT2D eigenvalue weighted by Crippen LogP contribution is 2.33. The summed E-state index contributed by atoms with van der Waals surface area (Å²) in [6, 6.07) is 12.7. The molecule has 0 saturated heterocycles. The minimum absolute atomic E-state index is 0.195. The average molecular weight is 228 g/mol. The molecule has 0 bridgehead atoms. The zero-order chi connectivity index (χ0) is 11.9. The molecular weight excluding hydrogens is 208 g/mol. The molecule has 1 aromatic carbocycles. The Bertz CT molecular complexity index is 362. The number of nitrogens with zero attached hydrogens (tertiary/aromatic N) is 1. The standard InChI is InChI=1S/C15H20N2/c16-11-10-15(14-6-2-1-3-7-14)17-12-4-5-13-8-9-13/h1-3,6-7,13,15,17H,4-5,8-10,12H2. The van der Waals surface area contributed by atoms with Crippen LogP contribution in [0.2, 0.25) is 0 Å². The molecule has 0 radical (unpaired) electrons. The van der Waals surface area contributed by atoms with E-state index >= 15 is 0 Å². The van der Waals surface area contributed by atoms with Crippen LogP contribution in [0, 0.1) is 17.2 Å². The highest BCUT2D eigenvalue weighted by molar-refractivity contribution is 5.19. The van der Waals surface area contributed by atoms with Crippen LogP contribution in [0.15, 0.2) is 30.3 Å². The first-order valence-electron chi connectivity index (χ1n) is 6.55. The minimum atomic E-state index is 0.195. The van der Waals surface area contributed by atoms with Crippen LogP contribution < -0.4 is 5.32 Å². The Hall–Kier alpha value is -1.33. The summed E-state index contributed by atoms with van der Waals surface area (Å²) in [4.78, 5) is 0. The summed E-state index contributed by atoms with van der Waals surface area (Å²) in [5.74, 6) is 1.00. The second-order valence-corrected chi connectivity index (χ2v) is 4.87. The van der Waals surface area contributed by atoms with Crippen molar-refractivity contribution in [1.82, 2.24) is 5.32 Å². The van der Waals surface area contributed by atoms with Gasteiger partial charge in [-0.1, -0.05) is 43.2 Å². The minimum Gasteiger partial charge on any atom is -0.309 e. The van der Waals surface area contributed by atoms with Gasteiger partial charge in [0.1, 0.15) is 0 Å². The number of hydrogen-bond donors (Lipinski definition) is 1. The topological polar surface area (TPSA) is 35.8 Å². The molecule has 0 heterocycles. The lowest BCUT2D eigenvalue weighted by molar-refractivity contribution is 0.512.